The molecular weight excluding hydrogens is 242 g/mol. The molecule has 1 fully saturated rings. The van der Waals surface area contributed by atoms with Crippen LogP contribution in [0.2, 0.25) is 5.02 Å². The van der Waals surface area contributed by atoms with Gasteiger partial charge in [-0.25, -0.2) is 0 Å². The number of hydrogen-bond acceptors (Lipinski definition) is 3. The molecule has 1 amide bonds. The van der Waals surface area contributed by atoms with Crippen LogP contribution in [0, 0.1) is 0 Å². The third-order valence-corrected chi connectivity index (χ3v) is 3.06. The second kappa shape index (κ2) is 5.49. The summed E-state index contributed by atoms with van der Waals surface area (Å²) in [5.74, 6) is -0.114. The maximum Gasteiger partial charge on any atom is 0.255 e. The molecule has 0 bridgehead atoms. The highest BCUT2D eigenvalue weighted by atomic mass is 35.5. The van der Waals surface area contributed by atoms with E-state index in [0.29, 0.717) is 30.3 Å². The van der Waals surface area contributed by atoms with Gasteiger partial charge >= 0.3 is 0 Å². The Hall–Kier alpha value is -1.10. The molecule has 0 aliphatic carbocycles. The molecular formula is C12H14ClNO3. The monoisotopic (exact) mass is 255 g/mol. The van der Waals surface area contributed by atoms with Crippen LogP contribution < -0.4 is 0 Å². The Morgan fingerprint density at radius 3 is 3.00 bits per heavy atom. The molecule has 1 atom stereocenters. The van der Waals surface area contributed by atoms with E-state index in [1.54, 1.807) is 29.2 Å². The first-order valence-corrected chi connectivity index (χ1v) is 5.86. The number of rotatable bonds is 2. The minimum atomic E-state index is -0.296. The van der Waals surface area contributed by atoms with Crippen molar-refractivity contribution in [2.75, 3.05) is 26.3 Å². The van der Waals surface area contributed by atoms with Crippen molar-refractivity contribution >= 4 is 17.5 Å². The van der Waals surface area contributed by atoms with E-state index in [-0.39, 0.29) is 18.6 Å². The predicted octanol–water partition coefficient (Wildman–Crippen LogP) is 1.17. The third-order valence-electron chi connectivity index (χ3n) is 2.73. The minimum absolute atomic E-state index is 0.0771. The Balaban J connectivity index is 2.12. The van der Waals surface area contributed by atoms with Crippen LogP contribution in [-0.2, 0) is 4.74 Å². The number of ether oxygens (including phenoxy) is 1. The SMILES string of the molecule is O=C(c1ccccc1Cl)N1CCOC(CO)C1. The van der Waals surface area contributed by atoms with Gasteiger partial charge in [-0.3, -0.25) is 4.79 Å². The molecule has 92 valence electrons. The number of amides is 1. The van der Waals surface area contributed by atoms with Crippen LogP contribution in [0.25, 0.3) is 0 Å². The number of halogens is 1. The highest BCUT2D eigenvalue weighted by Crippen LogP contribution is 2.18. The molecule has 4 nitrogen and oxygen atoms in total. The molecule has 2 rings (SSSR count). The van der Waals surface area contributed by atoms with Gasteiger partial charge in [-0.1, -0.05) is 23.7 Å². The molecule has 1 aliphatic heterocycles. The van der Waals surface area contributed by atoms with Gasteiger partial charge in [0.05, 0.1) is 29.9 Å². The van der Waals surface area contributed by atoms with E-state index in [0.717, 1.165) is 0 Å². The fourth-order valence-corrected chi connectivity index (χ4v) is 2.04. The van der Waals surface area contributed by atoms with Crippen molar-refractivity contribution in [1.29, 1.82) is 0 Å². The minimum Gasteiger partial charge on any atom is -0.394 e. The molecule has 1 aromatic carbocycles. The standard InChI is InChI=1S/C12H14ClNO3/c13-11-4-2-1-3-10(11)12(16)14-5-6-17-9(7-14)8-15/h1-4,9,15H,5-8H2. The van der Waals surface area contributed by atoms with Gasteiger partial charge < -0.3 is 14.7 Å². The van der Waals surface area contributed by atoms with Gasteiger partial charge in [-0.2, -0.15) is 0 Å². The Labute approximate surface area is 105 Å². The molecule has 1 unspecified atom stereocenters. The normalized spacial score (nSPS) is 20.4. The van der Waals surface area contributed by atoms with E-state index < -0.39 is 0 Å². The van der Waals surface area contributed by atoms with Crippen LogP contribution in [0.5, 0.6) is 0 Å². The molecule has 5 heteroatoms. The molecule has 1 saturated heterocycles. The first-order valence-electron chi connectivity index (χ1n) is 5.48. The van der Waals surface area contributed by atoms with Gasteiger partial charge in [-0.05, 0) is 12.1 Å². The topological polar surface area (TPSA) is 49.8 Å². The number of morpholine rings is 1. The number of benzene rings is 1. The van der Waals surface area contributed by atoms with Crippen LogP contribution >= 0.6 is 11.6 Å². The van der Waals surface area contributed by atoms with E-state index in [4.69, 9.17) is 21.4 Å². The Kier molecular flexibility index (Phi) is 3.99. The molecule has 1 aromatic rings. The quantitative estimate of drug-likeness (QED) is 0.863. The van der Waals surface area contributed by atoms with Crippen LogP contribution in [0.3, 0.4) is 0 Å². The maximum atomic E-state index is 12.2. The summed E-state index contributed by atoms with van der Waals surface area (Å²) in [4.78, 5) is 13.8. The zero-order valence-electron chi connectivity index (χ0n) is 9.30. The van der Waals surface area contributed by atoms with Crippen molar-refractivity contribution in [3.8, 4) is 0 Å². The fourth-order valence-electron chi connectivity index (χ4n) is 1.82. The third kappa shape index (κ3) is 2.77. The second-order valence-corrected chi connectivity index (χ2v) is 4.31. The zero-order chi connectivity index (χ0) is 12.3. The Morgan fingerprint density at radius 1 is 1.53 bits per heavy atom. The zero-order valence-corrected chi connectivity index (χ0v) is 10.1. The van der Waals surface area contributed by atoms with Gasteiger partial charge in [0.25, 0.3) is 5.91 Å². The van der Waals surface area contributed by atoms with E-state index in [2.05, 4.69) is 0 Å². The average molecular weight is 256 g/mol. The molecule has 0 saturated carbocycles. The highest BCUT2D eigenvalue weighted by Gasteiger charge is 2.25. The maximum absolute atomic E-state index is 12.2. The first-order chi connectivity index (χ1) is 8.22. The number of aliphatic hydroxyl groups is 1. The van der Waals surface area contributed by atoms with Crippen molar-refractivity contribution in [1.82, 2.24) is 4.90 Å². The smallest absolute Gasteiger partial charge is 0.255 e. The summed E-state index contributed by atoms with van der Waals surface area (Å²) < 4.78 is 5.30. The number of hydrogen-bond donors (Lipinski definition) is 1. The van der Waals surface area contributed by atoms with Crippen molar-refractivity contribution in [3.05, 3.63) is 34.9 Å². The van der Waals surface area contributed by atoms with Crippen LogP contribution in [-0.4, -0.2) is 48.3 Å². The molecule has 0 radical (unpaired) electrons. The van der Waals surface area contributed by atoms with E-state index in [1.165, 1.54) is 0 Å². The average Bonchev–Trinajstić information content (AvgIpc) is 2.38. The number of nitrogens with zero attached hydrogens (tertiary/aromatic N) is 1. The number of aliphatic hydroxyl groups excluding tert-OH is 1. The summed E-state index contributed by atoms with van der Waals surface area (Å²) >= 11 is 5.98. The van der Waals surface area contributed by atoms with E-state index >= 15 is 0 Å². The summed E-state index contributed by atoms with van der Waals surface area (Å²) in [7, 11) is 0. The van der Waals surface area contributed by atoms with Gasteiger partial charge in [0, 0.05) is 13.1 Å². The van der Waals surface area contributed by atoms with Crippen molar-refractivity contribution < 1.29 is 14.6 Å². The molecule has 17 heavy (non-hydrogen) atoms. The lowest BCUT2D eigenvalue weighted by atomic mass is 10.1. The van der Waals surface area contributed by atoms with E-state index in [9.17, 15) is 4.79 Å². The Bertz CT molecular complexity index is 410. The van der Waals surface area contributed by atoms with Gasteiger partial charge in [-0.15, -0.1) is 0 Å². The summed E-state index contributed by atoms with van der Waals surface area (Å²) in [6, 6.07) is 6.96. The van der Waals surface area contributed by atoms with Gasteiger partial charge in [0.1, 0.15) is 0 Å². The molecule has 1 heterocycles. The summed E-state index contributed by atoms with van der Waals surface area (Å²) in [5, 5.41) is 9.48. The van der Waals surface area contributed by atoms with Crippen molar-refractivity contribution in [2.24, 2.45) is 0 Å². The van der Waals surface area contributed by atoms with Crippen molar-refractivity contribution in [3.63, 3.8) is 0 Å². The predicted molar refractivity (Wildman–Crippen MR) is 64.2 cm³/mol. The van der Waals surface area contributed by atoms with Crippen LogP contribution in [0.1, 0.15) is 10.4 Å². The lowest BCUT2D eigenvalue weighted by Gasteiger charge is -2.32. The molecule has 1 N–H and O–H groups in total. The summed E-state index contributed by atoms with van der Waals surface area (Å²) in [6.45, 7) is 1.30. The lowest BCUT2D eigenvalue weighted by Crippen LogP contribution is -2.46. The van der Waals surface area contributed by atoms with Crippen molar-refractivity contribution in [2.45, 2.75) is 6.10 Å². The Morgan fingerprint density at radius 2 is 2.29 bits per heavy atom. The van der Waals surface area contributed by atoms with Crippen LogP contribution in [0.15, 0.2) is 24.3 Å². The van der Waals surface area contributed by atoms with E-state index in [1.807, 2.05) is 0 Å². The second-order valence-electron chi connectivity index (χ2n) is 3.91. The summed E-state index contributed by atoms with van der Waals surface area (Å²) in [6.07, 6.45) is -0.296. The first kappa shape index (κ1) is 12.4. The van der Waals surface area contributed by atoms with Gasteiger partial charge in [0.2, 0.25) is 0 Å². The number of carbonyl (C=O) groups is 1. The number of carbonyl (C=O) groups excluding carboxylic acids is 1. The molecule has 0 aromatic heterocycles. The van der Waals surface area contributed by atoms with Crippen LogP contribution in [0.4, 0.5) is 0 Å². The largest absolute Gasteiger partial charge is 0.394 e. The summed E-state index contributed by atoms with van der Waals surface area (Å²) in [5.41, 5.74) is 0.493. The molecule has 1 aliphatic rings. The highest BCUT2D eigenvalue weighted by molar-refractivity contribution is 6.33. The van der Waals surface area contributed by atoms with Gasteiger partial charge in [0.15, 0.2) is 0 Å². The fraction of sp³-hybridized carbons (Fsp3) is 0.417. The lowest BCUT2D eigenvalue weighted by molar-refractivity contribution is -0.0447. The molecule has 0 spiro atoms.